The Bertz CT molecular complexity index is 462. The Balaban J connectivity index is 2.45. The van der Waals surface area contributed by atoms with Crippen LogP contribution in [0.1, 0.15) is 47.0 Å². The highest BCUT2D eigenvalue weighted by Crippen LogP contribution is 2.33. The maximum absolute atomic E-state index is 12.9. The molecule has 2 amide bonds. The summed E-state index contributed by atoms with van der Waals surface area (Å²) in [5.41, 5.74) is -0.731. The zero-order chi connectivity index (χ0) is 15.1. The highest BCUT2D eigenvalue weighted by Gasteiger charge is 2.51. The molecule has 0 aromatic carbocycles. The van der Waals surface area contributed by atoms with Gasteiger partial charge < -0.3 is 9.80 Å². The van der Waals surface area contributed by atoms with Crippen molar-refractivity contribution in [3.8, 4) is 12.3 Å². The molecule has 2 rings (SSSR count). The molecule has 4 heteroatoms. The van der Waals surface area contributed by atoms with Crippen molar-refractivity contribution in [1.82, 2.24) is 9.80 Å². The molecule has 2 unspecified atom stereocenters. The summed E-state index contributed by atoms with van der Waals surface area (Å²) >= 11 is 0. The van der Waals surface area contributed by atoms with Crippen LogP contribution >= 0.6 is 0 Å². The normalized spacial score (nSPS) is 27.6. The Morgan fingerprint density at radius 3 is 2.45 bits per heavy atom. The van der Waals surface area contributed by atoms with Crippen LogP contribution in [-0.4, -0.2) is 45.8 Å². The van der Waals surface area contributed by atoms with E-state index in [1.807, 2.05) is 27.7 Å². The second-order valence-corrected chi connectivity index (χ2v) is 6.64. The summed E-state index contributed by atoms with van der Waals surface area (Å²) < 4.78 is 0. The Morgan fingerprint density at radius 1 is 1.25 bits per heavy atom. The van der Waals surface area contributed by atoms with E-state index in [4.69, 9.17) is 6.42 Å². The van der Waals surface area contributed by atoms with Crippen molar-refractivity contribution in [3.05, 3.63) is 0 Å². The summed E-state index contributed by atoms with van der Waals surface area (Å²) in [6, 6.07) is -0.748. The molecule has 0 bridgehead atoms. The highest BCUT2D eigenvalue weighted by molar-refractivity contribution is 5.98. The van der Waals surface area contributed by atoms with Gasteiger partial charge in [-0.3, -0.25) is 9.59 Å². The zero-order valence-electron chi connectivity index (χ0n) is 12.8. The lowest BCUT2D eigenvalue weighted by molar-refractivity contribution is -0.170. The van der Waals surface area contributed by atoms with Crippen molar-refractivity contribution >= 4 is 11.8 Å². The molecule has 20 heavy (non-hydrogen) atoms. The first-order valence-corrected chi connectivity index (χ1v) is 7.42. The summed E-state index contributed by atoms with van der Waals surface area (Å²) in [6.07, 6.45) is 8.34. The quantitative estimate of drug-likeness (QED) is 0.720. The van der Waals surface area contributed by atoms with Gasteiger partial charge in [-0.15, -0.1) is 6.42 Å². The van der Waals surface area contributed by atoms with Crippen molar-refractivity contribution in [2.45, 2.75) is 64.6 Å². The maximum Gasteiger partial charge on any atom is 0.247 e. The van der Waals surface area contributed by atoms with E-state index in [9.17, 15) is 9.59 Å². The fraction of sp³-hybridized carbons (Fsp3) is 0.750. The Labute approximate surface area is 121 Å². The summed E-state index contributed by atoms with van der Waals surface area (Å²) in [5.74, 6) is 2.82. The first-order chi connectivity index (χ1) is 9.31. The second-order valence-electron chi connectivity index (χ2n) is 6.64. The molecule has 2 aliphatic heterocycles. The maximum atomic E-state index is 12.9. The van der Waals surface area contributed by atoms with Crippen molar-refractivity contribution < 1.29 is 9.59 Å². The molecule has 4 nitrogen and oxygen atoms in total. The van der Waals surface area contributed by atoms with E-state index in [-0.39, 0.29) is 23.8 Å². The van der Waals surface area contributed by atoms with Crippen molar-refractivity contribution in [2.24, 2.45) is 5.92 Å². The van der Waals surface area contributed by atoms with Crippen LogP contribution < -0.4 is 0 Å². The van der Waals surface area contributed by atoms with Gasteiger partial charge in [-0.05, 0) is 39.0 Å². The van der Waals surface area contributed by atoms with Gasteiger partial charge in [0.05, 0.1) is 5.54 Å². The SMILES string of the molecule is C#CC(C)(C)N1C(=O)C2CCCCN2C(=O)C1C(C)C. The van der Waals surface area contributed by atoms with Crippen LogP contribution in [0, 0.1) is 18.3 Å². The number of carbonyl (C=O) groups is 2. The molecule has 0 N–H and O–H groups in total. The van der Waals surface area contributed by atoms with Crippen LogP contribution in [0.4, 0.5) is 0 Å². The molecule has 0 aromatic heterocycles. The minimum absolute atomic E-state index is 0.0194. The minimum Gasteiger partial charge on any atom is -0.329 e. The molecule has 2 heterocycles. The van der Waals surface area contributed by atoms with Crippen LogP contribution in [-0.2, 0) is 9.59 Å². The van der Waals surface area contributed by atoms with Gasteiger partial charge in [0, 0.05) is 6.54 Å². The number of nitrogens with zero attached hydrogens (tertiary/aromatic N) is 2. The molecule has 2 fully saturated rings. The number of amides is 2. The highest BCUT2D eigenvalue weighted by atomic mass is 16.2. The van der Waals surface area contributed by atoms with Crippen molar-refractivity contribution in [3.63, 3.8) is 0 Å². The molecule has 2 saturated heterocycles. The van der Waals surface area contributed by atoms with E-state index in [1.165, 1.54) is 0 Å². The van der Waals surface area contributed by atoms with Crippen LogP contribution in [0.15, 0.2) is 0 Å². The number of piperazine rings is 1. The third-order valence-electron chi connectivity index (χ3n) is 4.43. The predicted octanol–water partition coefficient (Wildman–Crippen LogP) is 1.65. The lowest BCUT2D eigenvalue weighted by Gasteiger charge is -2.52. The van der Waals surface area contributed by atoms with Gasteiger partial charge in [-0.2, -0.15) is 0 Å². The topological polar surface area (TPSA) is 40.6 Å². The molecular formula is C16H24N2O2. The predicted molar refractivity (Wildman–Crippen MR) is 77.7 cm³/mol. The fourth-order valence-corrected chi connectivity index (χ4v) is 3.31. The van der Waals surface area contributed by atoms with Crippen LogP contribution in [0.3, 0.4) is 0 Å². The molecule has 2 aliphatic rings. The van der Waals surface area contributed by atoms with E-state index >= 15 is 0 Å². The largest absolute Gasteiger partial charge is 0.329 e. The Kier molecular flexibility index (Phi) is 3.82. The van der Waals surface area contributed by atoms with E-state index in [2.05, 4.69) is 5.92 Å². The first-order valence-electron chi connectivity index (χ1n) is 7.42. The van der Waals surface area contributed by atoms with Gasteiger partial charge in [-0.25, -0.2) is 0 Å². The molecule has 2 atom stereocenters. The summed E-state index contributed by atoms with van der Waals surface area (Å²) in [6.45, 7) is 8.32. The molecule has 0 aromatic rings. The number of terminal acetylenes is 1. The summed E-state index contributed by atoms with van der Waals surface area (Å²) in [7, 11) is 0. The Morgan fingerprint density at radius 2 is 1.90 bits per heavy atom. The smallest absolute Gasteiger partial charge is 0.247 e. The van der Waals surface area contributed by atoms with Crippen molar-refractivity contribution in [2.75, 3.05) is 6.54 Å². The zero-order valence-corrected chi connectivity index (χ0v) is 12.8. The third kappa shape index (κ3) is 2.19. The van der Waals surface area contributed by atoms with Gasteiger partial charge in [0.1, 0.15) is 12.1 Å². The van der Waals surface area contributed by atoms with Gasteiger partial charge in [0.25, 0.3) is 0 Å². The number of rotatable bonds is 2. The lowest BCUT2D eigenvalue weighted by atomic mass is 9.86. The standard InChI is InChI=1S/C16H24N2O2/c1-6-16(4,5)18-13(11(2)3)15(20)17-10-8-7-9-12(17)14(18)19/h1,11-13H,7-10H2,2-5H3. The van der Waals surface area contributed by atoms with Crippen molar-refractivity contribution in [1.29, 1.82) is 0 Å². The molecule has 0 aliphatic carbocycles. The van der Waals surface area contributed by atoms with Crippen LogP contribution in [0.25, 0.3) is 0 Å². The van der Waals surface area contributed by atoms with Gasteiger partial charge in [-0.1, -0.05) is 19.8 Å². The Hall–Kier alpha value is -1.50. The van der Waals surface area contributed by atoms with E-state index in [1.54, 1.807) is 9.80 Å². The van der Waals surface area contributed by atoms with Gasteiger partial charge in [0.15, 0.2) is 0 Å². The van der Waals surface area contributed by atoms with Crippen LogP contribution in [0.2, 0.25) is 0 Å². The molecule has 0 radical (unpaired) electrons. The lowest BCUT2D eigenvalue weighted by Crippen LogP contribution is -2.70. The van der Waals surface area contributed by atoms with E-state index in [0.29, 0.717) is 6.54 Å². The molecular weight excluding hydrogens is 252 g/mol. The number of fused-ring (bicyclic) bond motifs is 1. The van der Waals surface area contributed by atoms with Gasteiger partial charge >= 0.3 is 0 Å². The number of hydrogen-bond donors (Lipinski definition) is 0. The minimum atomic E-state index is -0.731. The molecule has 110 valence electrons. The first kappa shape index (κ1) is 14.9. The number of piperidine rings is 1. The van der Waals surface area contributed by atoms with E-state index in [0.717, 1.165) is 19.3 Å². The average molecular weight is 276 g/mol. The second kappa shape index (κ2) is 5.12. The monoisotopic (exact) mass is 276 g/mol. The number of hydrogen-bond acceptors (Lipinski definition) is 2. The average Bonchev–Trinajstić information content (AvgIpc) is 2.42. The summed E-state index contributed by atoms with van der Waals surface area (Å²) in [5, 5.41) is 0. The molecule has 0 spiro atoms. The van der Waals surface area contributed by atoms with E-state index < -0.39 is 11.6 Å². The van der Waals surface area contributed by atoms with Gasteiger partial charge in [0.2, 0.25) is 11.8 Å². The summed E-state index contributed by atoms with van der Waals surface area (Å²) in [4.78, 5) is 29.1. The third-order valence-corrected chi connectivity index (χ3v) is 4.43. The fourth-order valence-electron chi connectivity index (χ4n) is 3.31. The van der Waals surface area contributed by atoms with Crippen LogP contribution in [0.5, 0.6) is 0 Å². The molecule has 0 saturated carbocycles. The number of carbonyl (C=O) groups excluding carboxylic acids is 2.